The van der Waals surface area contributed by atoms with Gasteiger partial charge in [-0.15, -0.1) is 0 Å². The summed E-state index contributed by atoms with van der Waals surface area (Å²) in [6.07, 6.45) is 4.24. The van der Waals surface area contributed by atoms with Gasteiger partial charge in [-0.05, 0) is 30.7 Å². The molecule has 0 heterocycles. The third-order valence-electron chi connectivity index (χ3n) is 3.50. The topological polar surface area (TPSA) is 33.0 Å². The third kappa shape index (κ3) is 4.42. The average Bonchev–Trinajstić information content (AvgIpc) is 2.45. The molecule has 0 unspecified atom stereocenters. The second-order valence-electron chi connectivity index (χ2n) is 5.20. The van der Waals surface area contributed by atoms with Crippen LogP contribution in [0.25, 0.3) is 0 Å². The van der Waals surface area contributed by atoms with Gasteiger partial charge in [-0.1, -0.05) is 26.7 Å². The van der Waals surface area contributed by atoms with Crippen LogP contribution in [0.3, 0.4) is 0 Å². The van der Waals surface area contributed by atoms with Crippen LogP contribution >= 0.6 is 12.6 Å². The van der Waals surface area contributed by atoms with E-state index in [1.54, 1.807) is 12.1 Å². The molecule has 0 N–H and O–H groups in total. The lowest BCUT2D eigenvalue weighted by molar-refractivity contribution is 0.143. The van der Waals surface area contributed by atoms with Gasteiger partial charge < -0.3 is 4.74 Å². The fraction of sp³-hybridized carbons (Fsp3) is 0.562. The van der Waals surface area contributed by atoms with E-state index in [4.69, 9.17) is 10.00 Å². The van der Waals surface area contributed by atoms with Crippen LogP contribution in [0.5, 0.6) is 5.75 Å². The molecule has 0 aliphatic heterocycles. The smallest absolute Gasteiger partial charge is 0.144 e. The van der Waals surface area contributed by atoms with E-state index in [1.807, 2.05) is 0 Å². The first-order chi connectivity index (χ1) is 9.60. The maximum absolute atomic E-state index is 13.5. The predicted molar refractivity (Wildman–Crippen MR) is 82.7 cm³/mol. The van der Waals surface area contributed by atoms with Gasteiger partial charge in [0.25, 0.3) is 0 Å². The Balaban J connectivity index is 2.77. The molecule has 0 aliphatic rings. The summed E-state index contributed by atoms with van der Waals surface area (Å²) in [4.78, 5) is 0. The van der Waals surface area contributed by atoms with Gasteiger partial charge in [0.05, 0.1) is 12.2 Å². The van der Waals surface area contributed by atoms with Gasteiger partial charge in [-0.25, -0.2) is 4.39 Å². The summed E-state index contributed by atoms with van der Waals surface area (Å²) in [7, 11) is 0. The Bertz CT molecular complexity index is 464. The number of nitriles is 1. The van der Waals surface area contributed by atoms with Crippen LogP contribution in [-0.4, -0.2) is 12.4 Å². The first-order valence-corrected chi connectivity index (χ1v) is 7.67. The fourth-order valence-electron chi connectivity index (χ4n) is 2.45. The van der Waals surface area contributed by atoms with E-state index in [2.05, 4.69) is 26.5 Å². The van der Waals surface area contributed by atoms with Crippen molar-refractivity contribution in [2.24, 2.45) is 5.41 Å². The van der Waals surface area contributed by atoms with Gasteiger partial charge in [-0.2, -0.15) is 17.9 Å². The van der Waals surface area contributed by atoms with E-state index in [9.17, 15) is 4.39 Å². The molecule has 0 radical (unpaired) electrons. The summed E-state index contributed by atoms with van der Waals surface area (Å²) in [5, 5.41) is 8.71. The Morgan fingerprint density at radius 1 is 1.30 bits per heavy atom. The lowest BCUT2D eigenvalue weighted by Crippen LogP contribution is -2.30. The maximum Gasteiger partial charge on any atom is 0.144 e. The number of hydrogen-bond donors (Lipinski definition) is 1. The molecule has 0 bridgehead atoms. The Morgan fingerprint density at radius 3 is 2.40 bits per heavy atom. The molecule has 2 nitrogen and oxygen atoms in total. The van der Waals surface area contributed by atoms with Crippen molar-refractivity contribution in [2.75, 3.05) is 12.4 Å². The average molecular weight is 295 g/mol. The van der Waals surface area contributed by atoms with E-state index >= 15 is 0 Å². The molecular formula is C16H22FNOS. The van der Waals surface area contributed by atoms with Gasteiger partial charge in [0, 0.05) is 11.5 Å². The van der Waals surface area contributed by atoms with Crippen molar-refractivity contribution in [3.63, 3.8) is 0 Å². The first kappa shape index (κ1) is 16.8. The highest BCUT2D eigenvalue weighted by atomic mass is 32.1. The van der Waals surface area contributed by atoms with Gasteiger partial charge in [0.2, 0.25) is 0 Å². The monoisotopic (exact) mass is 295 g/mol. The van der Waals surface area contributed by atoms with Crippen molar-refractivity contribution in [1.82, 2.24) is 0 Å². The minimum absolute atomic E-state index is 0.0387. The van der Waals surface area contributed by atoms with E-state index in [0.29, 0.717) is 12.4 Å². The molecule has 0 amide bonds. The minimum atomic E-state index is -0.535. The van der Waals surface area contributed by atoms with Gasteiger partial charge in [0.15, 0.2) is 0 Å². The number of hydrogen-bond acceptors (Lipinski definition) is 3. The van der Waals surface area contributed by atoms with Crippen LogP contribution in [0.2, 0.25) is 0 Å². The normalized spacial score (nSPS) is 11.2. The fourth-order valence-corrected chi connectivity index (χ4v) is 2.85. The number of nitrogens with zero attached hydrogens (tertiary/aromatic N) is 1. The maximum atomic E-state index is 13.5. The molecular weight excluding hydrogens is 273 g/mol. The molecule has 1 rings (SSSR count). The van der Waals surface area contributed by atoms with Crippen molar-refractivity contribution in [1.29, 1.82) is 5.26 Å². The minimum Gasteiger partial charge on any atom is -0.493 e. The Labute approximate surface area is 126 Å². The Kier molecular flexibility index (Phi) is 6.87. The summed E-state index contributed by atoms with van der Waals surface area (Å²) < 4.78 is 19.3. The van der Waals surface area contributed by atoms with Gasteiger partial charge >= 0.3 is 0 Å². The largest absolute Gasteiger partial charge is 0.493 e. The van der Waals surface area contributed by atoms with E-state index < -0.39 is 5.82 Å². The van der Waals surface area contributed by atoms with E-state index in [-0.39, 0.29) is 11.0 Å². The number of rotatable bonds is 8. The summed E-state index contributed by atoms with van der Waals surface area (Å²) >= 11 is 4.47. The molecule has 0 saturated heterocycles. The third-order valence-corrected chi connectivity index (χ3v) is 4.17. The summed E-state index contributed by atoms with van der Waals surface area (Å²) in [5.74, 6) is 0.695. The van der Waals surface area contributed by atoms with Gasteiger partial charge in [0.1, 0.15) is 17.6 Å². The SMILES string of the molecule is CCCC(CS)(CCC)COc1ccc(C#N)c(F)c1. The quantitative estimate of drug-likeness (QED) is 0.711. The molecule has 0 fully saturated rings. The molecule has 0 atom stereocenters. The van der Waals surface area contributed by atoms with Gasteiger partial charge in [-0.3, -0.25) is 0 Å². The highest BCUT2D eigenvalue weighted by Gasteiger charge is 2.28. The lowest BCUT2D eigenvalue weighted by Gasteiger charge is -2.31. The van der Waals surface area contributed by atoms with Crippen molar-refractivity contribution in [3.05, 3.63) is 29.6 Å². The Morgan fingerprint density at radius 2 is 1.95 bits per heavy atom. The van der Waals surface area contributed by atoms with E-state index in [0.717, 1.165) is 31.4 Å². The number of halogens is 1. The predicted octanol–water partition coefficient (Wildman–Crippen LogP) is 4.59. The second-order valence-corrected chi connectivity index (χ2v) is 5.52. The van der Waals surface area contributed by atoms with Crippen LogP contribution in [0, 0.1) is 22.6 Å². The molecule has 0 spiro atoms. The van der Waals surface area contributed by atoms with Crippen molar-refractivity contribution < 1.29 is 9.13 Å². The first-order valence-electron chi connectivity index (χ1n) is 7.04. The number of ether oxygens (including phenoxy) is 1. The standard InChI is InChI=1S/C16H22FNOS/c1-3-7-16(12-20,8-4-2)11-19-14-6-5-13(10-18)15(17)9-14/h5-6,9,20H,3-4,7-8,11-12H2,1-2H3. The molecule has 1 aromatic rings. The van der Waals surface area contributed by atoms with Crippen molar-refractivity contribution >= 4 is 12.6 Å². The van der Waals surface area contributed by atoms with Crippen LogP contribution in [0.4, 0.5) is 4.39 Å². The zero-order valence-corrected chi connectivity index (χ0v) is 13.0. The highest BCUT2D eigenvalue weighted by Crippen LogP contribution is 2.32. The van der Waals surface area contributed by atoms with Crippen LogP contribution in [0.15, 0.2) is 18.2 Å². The van der Waals surface area contributed by atoms with Crippen LogP contribution in [-0.2, 0) is 0 Å². The number of thiol groups is 1. The van der Waals surface area contributed by atoms with Crippen LogP contribution in [0.1, 0.15) is 45.1 Å². The molecule has 0 saturated carbocycles. The molecule has 0 aliphatic carbocycles. The molecule has 1 aromatic carbocycles. The highest BCUT2D eigenvalue weighted by molar-refractivity contribution is 7.80. The molecule has 0 aromatic heterocycles. The number of benzene rings is 1. The molecule has 20 heavy (non-hydrogen) atoms. The summed E-state index contributed by atoms with van der Waals surface area (Å²) in [5.41, 5.74) is 0.0803. The lowest BCUT2D eigenvalue weighted by atomic mass is 9.82. The second kappa shape index (κ2) is 8.16. The Hall–Kier alpha value is -1.21. The van der Waals surface area contributed by atoms with Crippen LogP contribution < -0.4 is 4.74 Å². The van der Waals surface area contributed by atoms with E-state index in [1.165, 1.54) is 12.1 Å². The zero-order chi connectivity index (χ0) is 15.0. The summed E-state index contributed by atoms with van der Waals surface area (Å²) in [6.45, 7) is 4.83. The molecule has 110 valence electrons. The van der Waals surface area contributed by atoms with Crippen molar-refractivity contribution in [3.8, 4) is 11.8 Å². The molecule has 4 heteroatoms. The van der Waals surface area contributed by atoms with Crippen molar-refractivity contribution in [2.45, 2.75) is 39.5 Å². The zero-order valence-electron chi connectivity index (χ0n) is 12.2. The summed E-state index contributed by atoms with van der Waals surface area (Å²) in [6, 6.07) is 6.17.